The molecule has 0 unspecified atom stereocenters. The first-order valence-corrected chi connectivity index (χ1v) is 4.91. The Kier molecular flexibility index (Phi) is 2.40. The Balaban J connectivity index is 2.96. The van der Waals surface area contributed by atoms with Gasteiger partial charge in [0.25, 0.3) is 0 Å². The molecule has 1 aromatic heterocycles. The highest BCUT2D eigenvalue weighted by atomic mass is 35.5. The number of ether oxygens (including phenoxy) is 1. The quantitative estimate of drug-likeness (QED) is 0.807. The average molecular weight is 223 g/mol. The van der Waals surface area contributed by atoms with Gasteiger partial charge in [-0.15, -0.1) is 0 Å². The standard InChI is InChI=1S/C11H11ClN2O/c1-6-10(13)9-7(11(14-6)15-2)4-3-5-8(9)12/h3-5H,13H2,1-2H3. The Morgan fingerprint density at radius 1 is 1.40 bits per heavy atom. The summed E-state index contributed by atoms with van der Waals surface area (Å²) in [7, 11) is 1.58. The molecule has 0 saturated heterocycles. The molecular weight excluding hydrogens is 212 g/mol. The van der Waals surface area contributed by atoms with Gasteiger partial charge in [-0.2, -0.15) is 0 Å². The summed E-state index contributed by atoms with van der Waals surface area (Å²) in [4.78, 5) is 4.25. The third-order valence-corrected chi connectivity index (χ3v) is 2.68. The van der Waals surface area contributed by atoms with Crippen LogP contribution in [0.1, 0.15) is 5.69 Å². The van der Waals surface area contributed by atoms with E-state index in [2.05, 4.69) is 4.98 Å². The van der Waals surface area contributed by atoms with E-state index in [1.165, 1.54) is 0 Å². The van der Waals surface area contributed by atoms with Gasteiger partial charge in [0.15, 0.2) is 0 Å². The molecule has 15 heavy (non-hydrogen) atoms. The summed E-state index contributed by atoms with van der Waals surface area (Å²) in [6.07, 6.45) is 0. The van der Waals surface area contributed by atoms with E-state index >= 15 is 0 Å². The summed E-state index contributed by atoms with van der Waals surface area (Å²) in [5.41, 5.74) is 7.28. The topological polar surface area (TPSA) is 48.1 Å². The smallest absolute Gasteiger partial charge is 0.221 e. The lowest BCUT2D eigenvalue weighted by Crippen LogP contribution is -1.98. The molecule has 2 N–H and O–H groups in total. The number of nitrogens with two attached hydrogens (primary N) is 1. The van der Waals surface area contributed by atoms with Crippen molar-refractivity contribution in [3.63, 3.8) is 0 Å². The third-order valence-electron chi connectivity index (χ3n) is 2.37. The maximum Gasteiger partial charge on any atom is 0.221 e. The highest BCUT2D eigenvalue weighted by Crippen LogP contribution is 2.34. The van der Waals surface area contributed by atoms with Gasteiger partial charge in [-0.1, -0.05) is 17.7 Å². The molecule has 2 aromatic rings. The molecule has 0 bridgehead atoms. The second-order valence-electron chi connectivity index (χ2n) is 3.28. The number of halogens is 1. The molecule has 0 saturated carbocycles. The number of aromatic nitrogens is 1. The van der Waals surface area contributed by atoms with E-state index in [1.807, 2.05) is 19.1 Å². The minimum Gasteiger partial charge on any atom is -0.481 e. The van der Waals surface area contributed by atoms with Gasteiger partial charge in [-0.25, -0.2) is 4.98 Å². The largest absolute Gasteiger partial charge is 0.481 e. The van der Waals surface area contributed by atoms with E-state index in [0.717, 1.165) is 16.5 Å². The lowest BCUT2D eigenvalue weighted by Gasteiger charge is -2.10. The van der Waals surface area contributed by atoms with Crippen molar-refractivity contribution in [1.29, 1.82) is 0 Å². The van der Waals surface area contributed by atoms with E-state index < -0.39 is 0 Å². The van der Waals surface area contributed by atoms with Gasteiger partial charge in [0, 0.05) is 10.8 Å². The van der Waals surface area contributed by atoms with Gasteiger partial charge in [0.2, 0.25) is 5.88 Å². The van der Waals surface area contributed by atoms with E-state index in [-0.39, 0.29) is 0 Å². The Morgan fingerprint density at radius 3 is 2.80 bits per heavy atom. The first kappa shape index (κ1) is 10.1. The molecule has 3 nitrogen and oxygen atoms in total. The maximum absolute atomic E-state index is 6.10. The summed E-state index contributed by atoms with van der Waals surface area (Å²) in [5.74, 6) is 0.555. The van der Waals surface area contributed by atoms with Crippen LogP contribution in [0, 0.1) is 6.92 Å². The predicted molar refractivity (Wildman–Crippen MR) is 62.5 cm³/mol. The van der Waals surface area contributed by atoms with Crippen LogP contribution < -0.4 is 10.5 Å². The summed E-state index contributed by atoms with van der Waals surface area (Å²) < 4.78 is 5.19. The first-order chi connectivity index (χ1) is 7.15. The number of hydrogen-bond donors (Lipinski definition) is 1. The van der Waals surface area contributed by atoms with E-state index in [1.54, 1.807) is 13.2 Å². The number of hydrogen-bond acceptors (Lipinski definition) is 3. The van der Waals surface area contributed by atoms with Gasteiger partial charge < -0.3 is 10.5 Å². The fraction of sp³-hybridized carbons (Fsp3) is 0.182. The minimum absolute atomic E-state index is 0.555. The second kappa shape index (κ2) is 3.59. The number of nitrogen functional groups attached to an aromatic ring is 1. The zero-order valence-electron chi connectivity index (χ0n) is 8.54. The number of methoxy groups -OCH3 is 1. The second-order valence-corrected chi connectivity index (χ2v) is 3.69. The number of benzene rings is 1. The molecule has 2 rings (SSSR count). The molecule has 0 atom stereocenters. The normalized spacial score (nSPS) is 10.6. The molecule has 0 radical (unpaired) electrons. The fourth-order valence-corrected chi connectivity index (χ4v) is 1.86. The zero-order valence-corrected chi connectivity index (χ0v) is 9.30. The summed E-state index contributed by atoms with van der Waals surface area (Å²) in [5, 5.41) is 2.27. The average Bonchev–Trinajstić information content (AvgIpc) is 2.23. The van der Waals surface area contributed by atoms with Crippen molar-refractivity contribution in [1.82, 2.24) is 4.98 Å². The Labute approximate surface area is 92.8 Å². The van der Waals surface area contributed by atoms with E-state index in [0.29, 0.717) is 16.6 Å². The van der Waals surface area contributed by atoms with E-state index in [4.69, 9.17) is 22.1 Å². The molecule has 1 heterocycles. The number of nitrogens with zero attached hydrogens (tertiary/aromatic N) is 1. The van der Waals surface area contributed by atoms with Crippen molar-refractivity contribution >= 4 is 28.1 Å². The van der Waals surface area contributed by atoms with Crippen molar-refractivity contribution in [2.45, 2.75) is 6.92 Å². The third kappa shape index (κ3) is 1.49. The van der Waals surface area contributed by atoms with Crippen LogP contribution in [0.4, 0.5) is 5.69 Å². The zero-order chi connectivity index (χ0) is 11.0. The van der Waals surface area contributed by atoms with Crippen LogP contribution in [0.3, 0.4) is 0 Å². The highest BCUT2D eigenvalue weighted by molar-refractivity contribution is 6.36. The number of aryl methyl sites for hydroxylation is 1. The van der Waals surface area contributed by atoms with Crippen LogP contribution in [-0.2, 0) is 0 Å². The summed E-state index contributed by atoms with van der Waals surface area (Å²) >= 11 is 6.10. The van der Waals surface area contributed by atoms with Crippen LogP contribution in [-0.4, -0.2) is 12.1 Å². The molecule has 78 valence electrons. The van der Waals surface area contributed by atoms with Crippen LogP contribution >= 0.6 is 11.6 Å². The maximum atomic E-state index is 6.10. The summed E-state index contributed by atoms with van der Waals surface area (Å²) in [6, 6.07) is 5.55. The molecular formula is C11H11ClN2O. The van der Waals surface area contributed by atoms with Crippen molar-refractivity contribution in [2.75, 3.05) is 12.8 Å². The number of fused-ring (bicyclic) bond motifs is 1. The molecule has 0 aliphatic carbocycles. The number of rotatable bonds is 1. The van der Waals surface area contributed by atoms with Crippen molar-refractivity contribution in [2.24, 2.45) is 0 Å². The fourth-order valence-electron chi connectivity index (χ4n) is 1.59. The van der Waals surface area contributed by atoms with Crippen LogP contribution in [0.2, 0.25) is 5.02 Å². The molecule has 4 heteroatoms. The SMILES string of the molecule is COc1nc(C)c(N)c2c(Cl)cccc12. The highest BCUT2D eigenvalue weighted by Gasteiger charge is 2.11. The molecule has 0 fully saturated rings. The minimum atomic E-state index is 0.555. The number of anilines is 1. The molecule has 0 aliphatic heterocycles. The lowest BCUT2D eigenvalue weighted by molar-refractivity contribution is 0.402. The van der Waals surface area contributed by atoms with Crippen molar-refractivity contribution in [3.8, 4) is 5.88 Å². The molecule has 0 amide bonds. The first-order valence-electron chi connectivity index (χ1n) is 4.53. The van der Waals surface area contributed by atoms with Gasteiger partial charge in [-0.05, 0) is 19.1 Å². The summed E-state index contributed by atoms with van der Waals surface area (Å²) in [6.45, 7) is 1.83. The van der Waals surface area contributed by atoms with Gasteiger partial charge in [-0.3, -0.25) is 0 Å². The van der Waals surface area contributed by atoms with Gasteiger partial charge >= 0.3 is 0 Å². The molecule has 0 aliphatic rings. The Hall–Kier alpha value is -1.48. The van der Waals surface area contributed by atoms with Crippen molar-refractivity contribution < 1.29 is 4.74 Å². The van der Waals surface area contributed by atoms with Crippen LogP contribution in [0.5, 0.6) is 5.88 Å². The Bertz CT molecular complexity index is 525. The van der Waals surface area contributed by atoms with Crippen molar-refractivity contribution in [3.05, 3.63) is 28.9 Å². The number of pyridine rings is 1. The molecule has 1 aromatic carbocycles. The van der Waals surface area contributed by atoms with E-state index in [9.17, 15) is 0 Å². The Morgan fingerprint density at radius 2 is 2.13 bits per heavy atom. The van der Waals surface area contributed by atoms with Gasteiger partial charge in [0.1, 0.15) is 0 Å². The monoisotopic (exact) mass is 222 g/mol. The van der Waals surface area contributed by atoms with Crippen LogP contribution in [0.25, 0.3) is 10.8 Å². The lowest BCUT2D eigenvalue weighted by atomic mass is 10.1. The van der Waals surface area contributed by atoms with Gasteiger partial charge in [0.05, 0.1) is 23.5 Å². The molecule has 0 spiro atoms. The van der Waals surface area contributed by atoms with Crippen LogP contribution in [0.15, 0.2) is 18.2 Å². The predicted octanol–water partition coefficient (Wildman–Crippen LogP) is 2.79.